The smallest absolute Gasteiger partial charge is 0.240 e. The van der Waals surface area contributed by atoms with Crippen LogP contribution in [0.5, 0.6) is 0 Å². The van der Waals surface area contributed by atoms with Crippen molar-refractivity contribution in [3.63, 3.8) is 0 Å². The molecular formula is C17H26N2O2S. The highest BCUT2D eigenvalue weighted by atomic mass is 32.2. The van der Waals surface area contributed by atoms with Gasteiger partial charge in [0, 0.05) is 29.2 Å². The van der Waals surface area contributed by atoms with E-state index in [2.05, 4.69) is 5.32 Å². The first kappa shape index (κ1) is 18.6. The molecule has 1 N–H and O–H groups in total. The lowest BCUT2D eigenvalue weighted by Crippen LogP contribution is -2.47. The second-order valence-corrected chi connectivity index (χ2v) is 7.29. The van der Waals surface area contributed by atoms with Crippen molar-refractivity contribution in [3.8, 4) is 0 Å². The molecule has 0 aliphatic heterocycles. The zero-order valence-corrected chi connectivity index (χ0v) is 14.7. The summed E-state index contributed by atoms with van der Waals surface area (Å²) in [7, 11) is 0. The molecule has 0 aromatic heterocycles. The van der Waals surface area contributed by atoms with Crippen LogP contribution in [0.2, 0.25) is 0 Å². The largest absolute Gasteiger partial charge is 0.350 e. The number of hydrogen-bond donors (Lipinski definition) is 1. The Labute approximate surface area is 137 Å². The second kappa shape index (κ2) is 8.83. The average Bonchev–Trinajstić information content (AvgIpc) is 2.44. The summed E-state index contributed by atoms with van der Waals surface area (Å²) in [5.41, 5.74) is -0.275. The summed E-state index contributed by atoms with van der Waals surface area (Å²) in [5, 5.41) is 2.88. The Morgan fingerprint density at radius 3 is 2.36 bits per heavy atom. The SMILES string of the molecule is CCN(CC(=O)NC(C)(C)C)C(=O)CCSc1ccccc1. The summed E-state index contributed by atoms with van der Waals surface area (Å²) in [4.78, 5) is 26.9. The van der Waals surface area contributed by atoms with Crippen molar-refractivity contribution >= 4 is 23.6 Å². The lowest BCUT2D eigenvalue weighted by molar-refractivity contribution is -0.136. The van der Waals surface area contributed by atoms with E-state index in [1.807, 2.05) is 58.0 Å². The molecular weight excluding hydrogens is 296 g/mol. The molecule has 0 spiro atoms. The van der Waals surface area contributed by atoms with E-state index >= 15 is 0 Å². The van der Waals surface area contributed by atoms with Gasteiger partial charge in [-0.3, -0.25) is 9.59 Å². The van der Waals surface area contributed by atoms with Crippen molar-refractivity contribution in [1.29, 1.82) is 0 Å². The summed E-state index contributed by atoms with van der Waals surface area (Å²) in [6, 6.07) is 10.0. The number of carbonyl (C=O) groups excluding carboxylic acids is 2. The quantitative estimate of drug-likeness (QED) is 0.785. The Hall–Kier alpha value is -1.49. The van der Waals surface area contributed by atoms with Gasteiger partial charge >= 0.3 is 0 Å². The van der Waals surface area contributed by atoms with Crippen molar-refractivity contribution in [1.82, 2.24) is 10.2 Å². The molecule has 5 heteroatoms. The number of carbonyl (C=O) groups is 2. The molecule has 0 atom stereocenters. The monoisotopic (exact) mass is 322 g/mol. The van der Waals surface area contributed by atoms with E-state index in [1.165, 1.54) is 0 Å². The van der Waals surface area contributed by atoms with Crippen LogP contribution in [0, 0.1) is 0 Å². The molecule has 2 amide bonds. The molecule has 122 valence electrons. The van der Waals surface area contributed by atoms with E-state index in [1.54, 1.807) is 16.7 Å². The standard InChI is InChI=1S/C17H26N2O2S/c1-5-19(13-15(20)18-17(2,3)4)16(21)11-12-22-14-9-7-6-8-10-14/h6-10H,5,11-13H2,1-4H3,(H,18,20). The van der Waals surface area contributed by atoms with Crippen LogP contribution in [0.1, 0.15) is 34.1 Å². The number of nitrogens with one attached hydrogen (secondary N) is 1. The van der Waals surface area contributed by atoms with Gasteiger partial charge in [0.25, 0.3) is 0 Å². The van der Waals surface area contributed by atoms with Crippen molar-refractivity contribution < 1.29 is 9.59 Å². The van der Waals surface area contributed by atoms with E-state index in [9.17, 15) is 9.59 Å². The van der Waals surface area contributed by atoms with Crippen LogP contribution in [0.25, 0.3) is 0 Å². The maximum atomic E-state index is 12.2. The van der Waals surface area contributed by atoms with Gasteiger partial charge in [-0.2, -0.15) is 0 Å². The van der Waals surface area contributed by atoms with Gasteiger partial charge in [-0.05, 0) is 39.8 Å². The van der Waals surface area contributed by atoms with Gasteiger partial charge in [0.2, 0.25) is 11.8 Å². The van der Waals surface area contributed by atoms with Crippen molar-refractivity contribution in [2.75, 3.05) is 18.8 Å². The lowest BCUT2D eigenvalue weighted by Gasteiger charge is -2.25. The summed E-state index contributed by atoms with van der Waals surface area (Å²) in [6.07, 6.45) is 0.441. The molecule has 0 saturated carbocycles. The zero-order valence-electron chi connectivity index (χ0n) is 13.9. The summed E-state index contributed by atoms with van der Waals surface area (Å²) in [5.74, 6) is 0.633. The molecule has 0 aliphatic rings. The fourth-order valence-corrected chi connectivity index (χ4v) is 2.80. The first-order valence-corrected chi connectivity index (χ1v) is 8.57. The normalized spacial score (nSPS) is 11.1. The maximum Gasteiger partial charge on any atom is 0.240 e. The summed E-state index contributed by atoms with van der Waals surface area (Å²) < 4.78 is 0. The first-order valence-electron chi connectivity index (χ1n) is 7.58. The Bertz CT molecular complexity index is 483. The van der Waals surface area contributed by atoms with Gasteiger partial charge in [0.15, 0.2) is 0 Å². The van der Waals surface area contributed by atoms with Crippen molar-refractivity contribution in [3.05, 3.63) is 30.3 Å². The highest BCUT2D eigenvalue weighted by molar-refractivity contribution is 7.99. The third-order valence-corrected chi connectivity index (χ3v) is 3.92. The van der Waals surface area contributed by atoms with Gasteiger partial charge in [-0.25, -0.2) is 0 Å². The van der Waals surface area contributed by atoms with E-state index < -0.39 is 0 Å². The Morgan fingerprint density at radius 2 is 1.82 bits per heavy atom. The lowest BCUT2D eigenvalue weighted by atomic mass is 10.1. The zero-order chi connectivity index (χ0) is 16.6. The number of amides is 2. The molecule has 0 radical (unpaired) electrons. The van der Waals surface area contributed by atoms with Crippen LogP contribution < -0.4 is 5.32 Å². The van der Waals surface area contributed by atoms with Crippen LogP contribution in [0.15, 0.2) is 35.2 Å². The minimum atomic E-state index is -0.275. The van der Waals surface area contributed by atoms with E-state index in [-0.39, 0.29) is 23.9 Å². The molecule has 0 unspecified atom stereocenters. The molecule has 0 aliphatic carbocycles. The molecule has 0 bridgehead atoms. The first-order chi connectivity index (χ1) is 10.3. The predicted octanol–water partition coefficient (Wildman–Crippen LogP) is 2.93. The molecule has 1 aromatic carbocycles. The molecule has 0 saturated heterocycles. The average molecular weight is 322 g/mol. The number of likely N-dealkylation sites (N-methyl/N-ethyl adjacent to an activating group) is 1. The van der Waals surface area contributed by atoms with E-state index in [0.717, 1.165) is 10.6 Å². The number of benzene rings is 1. The molecule has 1 aromatic rings. The second-order valence-electron chi connectivity index (χ2n) is 6.12. The van der Waals surface area contributed by atoms with Gasteiger partial charge in [0.05, 0.1) is 6.54 Å². The van der Waals surface area contributed by atoms with Gasteiger partial charge in [0.1, 0.15) is 0 Å². The van der Waals surface area contributed by atoms with Gasteiger partial charge in [-0.15, -0.1) is 11.8 Å². The molecule has 0 heterocycles. The highest BCUT2D eigenvalue weighted by Gasteiger charge is 2.19. The number of rotatable bonds is 7. The van der Waals surface area contributed by atoms with Crippen LogP contribution in [-0.4, -0.2) is 41.1 Å². The van der Waals surface area contributed by atoms with Crippen LogP contribution in [0.3, 0.4) is 0 Å². The predicted molar refractivity (Wildman–Crippen MR) is 91.9 cm³/mol. The van der Waals surface area contributed by atoms with Crippen LogP contribution in [0.4, 0.5) is 0 Å². The number of hydrogen-bond acceptors (Lipinski definition) is 3. The highest BCUT2D eigenvalue weighted by Crippen LogP contribution is 2.18. The Kier molecular flexibility index (Phi) is 7.45. The number of thioether (sulfide) groups is 1. The topological polar surface area (TPSA) is 49.4 Å². The minimum Gasteiger partial charge on any atom is -0.350 e. The van der Waals surface area contributed by atoms with Crippen molar-refractivity contribution in [2.24, 2.45) is 0 Å². The van der Waals surface area contributed by atoms with E-state index in [0.29, 0.717) is 13.0 Å². The van der Waals surface area contributed by atoms with Crippen LogP contribution >= 0.6 is 11.8 Å². The minimum absolute atomic E-state index is 0.0231. The number of nitrogens with zero attached hydrogens (tertiary/aromatic N) is 1. The van der Waals surface area contributed by atoms with Gasteiger partial charge < -0.3 is 10.2 Å². The fourth-order valence-electron chi connectivity index (χ4n) is 1.94. The summed E-state index contributed by atoms with van der Waals surface area (Å²) in [6.45, 7) is 8.36. The third-order valence-electron chi connectivity index (χ3n) is 2.91. The van der Waals surface area contributed by atoms with Crippen LogP contribution in [-0.2, 0) is 9.59 Å². The van der Waals surface area contributed by atoms with Crippen molar-refractivity contribution in [2.45, 2.75) is 44.6 Å². The third kappa shape index (κ3) is 7.50. The Morgan fingerprint density at radius 1 is 1.18 bits per heavy atom. The Balaban J connectivity index is 2.39. The summed E-state index contributed by atoms with van der Waals surface area (Å²) >= 11 is 1.66. The molecule has 0 fully saturated rings. The maximum absolute atomic E-state index is 12.2. The van der Waals surface area contributed by atoms with E-state index in [4.69, 9.17) is 0 Å². The molecule has 22 heavy (non-hydrogen) atoms. The fraction of sp³-hybridized carbons (Fsp3) is 0.529. The molecule has 1 rings (SSSR count). The van der Waals surface area contributed by atoms with Gasteiger partial charge in [-0.1, -0.05) is 18.2 Å². The molecule has 4 nitrogen and oxygen atoms in total.